The number of rotatable bonds is 3. The number of amides is 1. The van der Waals surface area contributed by atoms with E-state index in [1.807, 2.05) is 6.92 Å². The predicted molar refractivity (Wildman–Crippen MR) is 78.0 cm³/mol. The average molecular weight is 323 g/mol. The summed E-state index contributed by atoms with van der Waals surface area (Å²) in [5, 5.41) is 7.03. The Balaban J connectivity index is 0.00000220. The molecule has 120 valence electrons. The first-order valence-corrected chi connectivity index (χ1v) is 6.74. The molecule has 1 atom stereocenters. The lowest BCUT2D eigenvalue weighted by Crippen LogP contribution is -2.52. The molecule has 0 spiro atoms. The van der Waals surface area contributed by atoms with Crippen LogP contribution in [0.15, 0.2) is 0 Å². The van der Waals surface area contributed by atoms with Crippen molar-refractivity contribution in [2.45, 2.75) is 39.8 Å². The van der Waals surface area contributed by atoms with Gasteiger partial charge < -0.3 is 10.2 Å². The quantitative estimate of drug-likeness (QED) is 0.921. The van der Waals surface area contributed by atoms with Crippen LogP contribution in [-0.2, 0) is 11.2 Å². The summed E-state index contributed by atoms with van der Waals surface area (Å²) < 4.78 is 26.2. The third-order valence-corrected chi connectivity index (χ3v) is 3.81. The summed E-state index contributed by atoms with van der Waals surface area (Å²) >= 11 is 0. The van der Waals surface area contributed by atoms with Gasteiger partial charge in [-0.2, -0.15) is 13.9 Å². The van der Waals surface area contributed by atoms with Crippen molar-refractivity contribution in [3.05, 3.63) is 17.0 Å². The van der Waals surface area contributed by atoms with Gasteiger partial charge in [0.05, 0.1) is 12.1 Å². The van der Waals surface area contributed by atoms with Gasteiger partial charge in [-0.3, -0.25) is 4.79 Å². The van der Waals surface area contributed by atoms with Crippen LogP contribution < -0.4 is 5.32 Å². The van der Waals surface area contributed by atoms with Crippen molar-refractivity contribution in [1.29, 1.82) is 0 Å². The van der Waals surface area contributed by atoms with Gasteiger partial charge in [0.25, 0.3) is 0 Å². The maximum Gasteiger partial charge on any atom is 0.333 e. The van der Waals surface area contributed by atoms with Crippen molar-refractivity contribution in [3.8, 4) is 0 Å². The van der Waals surface area contributed by atoms with Gasteiger partial charge in [-0.15, -0.1) is 12.4 Å². The van der Waals surface area contributed by atoms with Gasteiger partial charge in [0.15, 0.2) is 0 Å². The average Bonchev–Trinajstić information content (AvgIpc) is 2.67. The number of carbonyl (C=O) groups is 1. The molecule has 0 unspecified atom stereocenters. The molecule has 2 rings (SSSR count). The summed E-state index contributed by atoms with van der Waals surface area (Å²) in [6.07, 6.45) is 0.134. The number of piperazine rings is 1. The van der Waals surface area contributed by atoms with E-state index in [9.17, 15) is 13.6 Å². The first-order chi connectivity index (χ1) is 9.41. The second-order valence-corrected chi connectivity index (χ2v) is 5.19. The van der Waals surface area contributed by atoms with Crippen molar-refractivity contribution in [1.82, 2.24) is 20.0 Å². The van der Waals surface area contributed by atoms with Crippen molar-refractivity contribution in [2.75, 3.05) is 19.6 Å². The molecule has 0 aromatic carbocycles. The SMILES string of the molecule is Cc1nn(C(F)F)c(C)c1CC(=O)N1CCNC[C@H]1C.Cl. The van der Waals surface area contributed by atoms with Crippen molar-refractivity contribution >= 4 is 18.3 Å². The van der Waals surface area contributed by atoms with Crippen LogP contribution in [0.4, 0.5) is 8.78 Å². The first kappa shape index (κ1) is 17.8. The summed E-state index contributed by atoms with van der Waals surface area (Å²) in [4.78, 5) is 14.1. The number of alkyl halides is 2. The Bertz CT molecular complexity index is 507. The summed E-state index contributed by atoms with van der Waals surface area (Å²) in [5.41, 5.74) is 1.48. The van der Waals surface area contributed by atoms with E-state index >= 15 is 0 Å². The lowest BCUT2D eigenvalue weighted by atomic mass is 10.1. The van der Waals surface area contributed by atoms with E-state index in [0.29, 0.717) is 28.2 Å². The Kier molecular flexibility index (Phi) is 6.10. The van der Waals surface area contributed by atoms with E-state index in [1.54, 1.807) is 18.7 Å². The summed E-state index contributed by atoms with van der Waals surface area (Å²) in [7, 11) is 0. The van der Waals surface area contributed by atoms with Gasteiger partial charge >= 0.3 is 6.55 Å². The zero-order valence-electron chi connectivity index (χ0n) is 12.4. The molecule has 0 saturated carbocycles. The molecule has 0 bridgehead atoms. The van der Waals surface area contributed by atoms with Crippen LogP contribution in [0.5, 0.6) is 0 Å². The molecule has 21 heavy (non-hydrogen) atoms. The minimum atomic E-state index is -2.67. The fourth-order valence-corrected chi connectivity index (χ4v) is 2.61. The molecule has 1 amide bonds. The number of nitrogens with zero attached hydrogens (tertiary/aromatic N) is 3. The molecule has 1 saturated heterocycles. The third kappa shape index (κ3) is 3.71. The fourth-order valence-electron chi connectivity index (χ4n) is 2.61. The van der Waals surface area contributed by atoms with E-state index < -0.39 is 6.55 Å². The second-order valence-electron chi connectivity index (χ2n) is 5.19. The van der Waals surface area contributed by atoms with E-state index in [2.05, 4.69) is 10.4 Å². The summed E-state index contributed by atoms with van der Waals surface area (Å²) in [6, 6.07) is 0.127. The molecule has 1 fully saturated rings. The number of hydrogen-bond acceptors (Lipinski definition) is 3. The van der Waals surface area contributed by atoms with E-state index in [0.717, 1.165) is 13.1 Å². The Morgan fingerprint density at radius 3 is 2.67 bits per heavy atom. The van der Waals surface area contributed by atoms with Crippen LogP contribution in [0.1, 0.15) is 30.4 Å². The Labute approximate surface area is 129 Å². The molecule has 0 aliphatic carbocycles. The Morgan fingerprint density at radius 1 is 1.48 bits per heavy atom. The molecule has 8 heteroatoms. The maximum atomic E-state index is 12.8. The number of nitrogens with one attached hydrogen (secondary N) is 1. The lowest BCUT2D eigenvalue weighted by Gasteiger charge is -2.34. The molecule has 1 aliphatic rings. The number of aryl methyl sites for hydroxylation is 1. The van der Waals surface area contributed by atoms with Gasteiger partial charge in [0.1, 0.15) is 0 Å². The molecule has 5 nitrogen and oxygen atoms in total. The Morgan fingerprint density at radius 2 is 2.14 bits per heavy atom. The van der Waals surface area contributed by atoms with Crippen LogP contribution in [0.25, 0.3) is 0 Å². The molecule has 1 aromatic rings. The van der Waals surface area contributed by atoms with Crippen LogP contribution in [0.3, 0.4) is 0 Å². The molecular weight excluding hydrogens is 302 g/mol. The zero-order chi connectivity index (χ0) is 14.9. The minimum absolute atomic E-state index is 0. The van der Waals surface area contributed by atoms with Gasteiger partial charge in [-0.05, 0) is 20.8 Å². The van der Waals surface area contributed by atoms with Gasteiger partial charge in [-0.1, -0.05) is 0 Å². The highest BCUT2D eigenvalue weighted by Gasteiger charge is 2.25. The minimum Gasteiger partial charge on any atom is -0.337 e. The predicted octanol–water partition coefficient (Wildman–Crippen LogP) is 1.68. The van der Waals surface area contributed by atoms with Crippen molar-refractivity contribution < 1.29 is 13.6 Å². The van der Waals surface area contributed by atoms with E-state index in [-0.39, 0.29) is 30.8 Å². The van der Waals surface area contributed by atoms with Crippen LogP contribution in [0.2, 0.25) is 0 Å². The highest BCUT2D eigenvalue weighted by Crippen LogP contribution is 2.20. The molecule has 1 aliphatic heterocycles. The first-order valence-electron chi connectivity index (χ1n) is 6.74. The van der Waals surface area contributed by atoms with Gasteiger partial charge in [0.2, 0.25) is 5.91 Å². The van der Waals surface area contributed by atoms with Crippen molar-refractivity contribution in [3.63, 3.8) is 0 Å². The van der Waals surface area contributed by atoms with Crippen LogP contribution in [0, 0.1) is 13.8 Å². The Hall–Kier alpha value is -1.21. The molecule has 2 heterocycles. The highest BCUT2D eigenvalue weighted by atomic mass is 35.5. The molecule has 1 N–H and O–H groups in total. The second kappa shape index (κ2) is 7.17. The smallest absolute Gasteiger partial charge is 0.333 e. The highest BCUT2D eigenvalue weighted by molar-refractivity contribution is 5.85. The van der Waals surface area contributed by atoms with Gasteiger partial charge in [-0.25, -0.2) is 4.68 Å². The van der Waals surface area contributed by atoms with E-state index in [1.165, 1.54) is 0 Å². The number of halogens is 3. The monoisotopic (exact) mass is 322 g/mol. The normalized spacial score (nSPS) is 18.8. The maximum absolute atomic E-state index is 12.8. The number of hydrogen-bond donors (Lipinski definition) is 1. The largest absolute Gasteiger partial charge is 0.337 e. The van der Waals surface area contributed by atoms with Gasteiger partial charge in [0, 0.05) is 36.9 Å². The summed E-state index contributed by atoms with van der Waals surface area (Å²) in [6.45, 7) is 4.74. The van der Waals surface area contributed by atoms with E-state index in [4.69, 9.17) is 0 Å². The zero-order valence-corrected chi connectivity index (χ0v) is 13.2. The fraction of sp³-hybridized carbons (Fsp3) is 0.692. The topological polar surface area (TPSA) is 50.2 Å². The third-order valence-electron chi connectivity index (χ3n) is 3.81. The van der Waals surface area contributed by atoms with Crippen molar-refractivity contribution in [2.24, 2.45) is 0 Å². The lowest BCUT2D eigenvalue weighted by molar-refractivity contribution is -0.133. The van der Waals surface area contributed by atoms with Crippen LogP contribution >= 0.6 is 12.4 Å². The summed E-state index contributed by atoms with van der Waals surface area (Å²) in [5.74, 6) is -0.0287. The molecule has 0 radical (unpaired) electrons. The number of aromatic nitrogens is 2. The van der Waals surface area contributed by atoms with Crippen LogP contribution in [-0.4, -0.2) is 46.3 Å². The molecular formula is C13H21ClF2N4O. The molecule has 1 aromatic heterocycles. The standard InChI is InChI=1S/C13H20F2N4O.ClH/c1-8-7-16-4-5-18(8)12(20)6-11-9(2)17-19(10(11)3)13(14)15;/h8,13,16H,4-7H2,1-3H3;1H/t8-;/m1./s1. The number of carbonyl (C=O) groups excluding carboxylic acids is 1.